The number of nitrogens with two attached hydrogens (primary N) is 1. The van der Waals surface area contributed by atoms with Crippen LogP contribution in [0.25, 0.3) is 0 Å². The van der Waals surface area contributed by atoms with Crippen LogP contribution in [0.3, 0.4) is 0 Å². The fourth-order valence-corrected chi connectivity index (χ4v) is 2.65. The molecule has 0 saturated carbocycles. The zero-order chi connectivity index (χ0) is 13.8. The second-order valence-electron chi connectivity index (χ2n) is 4.47. The Morgan fingerprint density at radius 2 is 2.26 bits per heavy atom. The van der Waals surface area contributed by atoms with E-state index < -0.39 is 0 Å². The van der Waals surface area contributed by atoms with Crippen molar-refractivity contribution in [3.05, 3.63) is 45.8 Å². The summed E-state index contributed by atoms with van der Waals surface area (Å²) in [5.74, 6) is 0.916. The topological polar surface area (TPSA) is 42.1 Å². The molecule has 3 nitrogen and oxygen atoms in total. The minimum atomic E-state index is 0.415. The van der Waals surface area contributed by atoms with Crippen molar-refractivity contribution in [2.45, 2.75) is 13.3 Å². The molecule has 0 aliphatic carbocycles. The van der Waals surface area contributed by atoms with Gasteiger partial charge in [0, 0.05) is 29.7 Å². The Labute approximate surface area is 123 Å². The highest BCUT2D eigenvalue weighted by molar-refractivity contribution is 7.80. The molecular weight excluding hydrogens is 274 g/mol. The van der Waals surface area contributed by atoms with Gasteiger partial charge in [0.05, 0.1) is 0 Å². The molecular formula is C14H17N3S2. The van der Waals surface area contributed by atoms with Gasteiger partial charge in [-0.2, -0.15) is 0 Å². The summed E-state index contributed by atoms with van der Waals surface area (Å²) in [6.07, 6.45) is 1.02. The molecule has 0 saturated heterocycles. The number of hydrogen-bond donors (Lipinski definition) is 1. The molecule has 2 heterocycles. The van der Waals surface area contributed by atoms with Crippen LogP contribution in [0.4, 0.5) is 5.82 Å². The Bertz CT molecular complexity index is 564. The van der Waals surface area contributed by atoms with Gasteiger partial charge in [0.25, 0.3) is 0 Å². The van der Waals surface area contributed by atoms with Gasteiger partial charge in [0.15, 0.2) is 0 Å². The summed E-state index contributed by atoms with van der Waals surface area (Å²) < 4.78 is 0. The molecule has 19 heavy (non-hydrogen) atoms. The van der Waals surface area contributed by atoms with E-state index in [1.807, 2.05) is 26.1 Å². The summed E-state index contributed by atoms with van der Waals surface area (Å²) in [6.45, 7) is 2.88. The van der Waals surface area contributed by atoms with E-state index in [0.717, 1.165) is 30.0 Å². The summed E-state index contributed by atoms with van der Waals surface area (Å²) in [5.41, 5.74) is 7.50. The van der Waals surface area contributed by atoms with Crippen LogP contribution >= 0.6 is 23.6 Å². The van der Waals surface area contributed by atoms with E-state index >= 15 is 0 Å². The predicted octanol–water partition coefficient (Wildman–Crippen LogP) is 2.76. The van der Waals surface area contributed by atoms with Crippen molar-refractivity contribution in [1.82, 2.24) is 4.98 Å². The van der Waals surface area contributed by atoms with Crippen LogP contribution in [-0.4, -0.2) is 23.6 Å². The van der Waals surface area contributed by atoms with Crippen molar-refractivity contribution in [3.63, 3.8) is 0 Å². The molecule has 0 fully saturated rings. The van der Waals surface area contributed by atoms with Gasteiger partial charge in [-0.05, 0) is 36.9 Å². The summed E-state index contributed by atoms with van der Waals surface area (Å²) in [7, 11) is 2.04. The highest BCUT2D eigenvalue weighted by Crippen LogP contribution is 2.16. The van der Waals surface area contributed by atoms with E-state index in [-0.39, 0.29) is 0 Å². The molecule has 0 aliphatic rings. The lowest BCUT2D eigenvalue weighted by Crippen LogP contribution is -2.22. The van der Waals surface area contributed by atoms with Crippen LogP contribution in [0.2, 0.25) is 0 Å². The Balaban J connectivity index is 2.09. The van der Waals surface area contributed by atoms with Crippen molar-refractivity contribution in [2.75, 3.05) is 18.5 Å². The van der Waals surface area contributed by atoms with Crippen LogP contribution in [0.5, 0.6) is 0 Å². The number of nitrogens with zero attached hydrogens (tertiary/aromatic N) is 2. The minimum Gasteiger partial charge on any atom is -0.389 e. The van der Waals surface area contributed by atoms with Gasteiger partial charge in [-0.1, -0.05) is 18.3 Å². The first kappa shape index (κ1) is 14.0. The maximum atomic E-state index is 5.69. The Hall–Kier alpha value is -1.46. The van der Waals surface area contributed by atoms with Crippen molar-refractivity contribution >= 4 is 34.4 Å². The SMILES string of the molecule is Cc1cc(C(N)=S)cc(N(C)CCc2cccs2)n1. The number of thiophene rings is 1. The van der Waals surface area contributed by atoms with E-state index in [1.54, 1.807) is 11.3 Å². The smallest absolute Gasteiger partial charge is 0.129 e. The lowest BCUT2D eigenvalue weighted by Gasteiger charge is -2.19. The number of anilines is 1. The predicted molar refractivity (Wildman–Crippen MR) is 86.2 cm³/mol. The minimum absolute atomic E-state index is 0.415. The number of aryl methyl sites for hydroxylation is 1. The number of aromatic nitrogens is 1. The average molecular weight is 291 g/mol. The van der Waals surface area contributed by atoms with Gasteiger partial charge >= 0.3 is 0 Å². The van der Waals surface area contributed by atoms with Gasteiger partial charge in [0.1, 0.15) is 10.8 Å². The van der Waals surface area contributed by atoms with Crippen molar-refractivity contribution in [3.8, 4) is 0 Å². The maximum absolute atomic E-state index is 5.69. The fourth-order valence-electron chi connectivity index (χ4n) is 1.84. The molecule has 2 rings (SSSR count). The number of likely N-dealkylation sites (N-methyl/N-ethyl adjacent to an activating group) is 1. The van der Waals surface area contributed by atoms with Crippen LogP contribution in [-0.2, 0) is 6.42 Å². The van der Waals surface area contributed by atoms with Crippen molar-refractivity contribution < 1.29 is 0 Å². The Kier molecular flexibility index (Phi) is 4.50. The maximum Gasteiger partial charge on any atom is 0.129 e. The zero-order valence-electron chi connectivity index (χ0n) is 11.1. The first-order chi connectivity index (χ1) is 9.06. The van der Waals surface area contributed by atoms with E-state index in [1.165, 1.54) is 4.88 Å². The molecule has 0 spiro atoms. The number of thiocarbonyl (C=S) groups is 1. The molecule has 0 amide bonds. The normalized spacial score (nSPS) is 10.4. The van der Waals surface area contributed by atoms with Gasteiger partial charge in [-0.3, -0.25) is 0 Å². The van der Waals surface area contributed by atoms with E-state index in [4.69, 9.17) is 18.0 Å². The largest absolute Gasteiger partial charge is 0.389 e. The molecule has 0 bridgehead atoms. The summed E-state index contributed by atoms with van der Waals surface area (Å²) >= 11 is 6.81. The molecule has 2 N–H and O–H groups in total. The summed E-state index contributed by atoms with van der Waals surface area (Å²) in [4.78, 5) is 8.46. The van der Waals surface area contributed by atoms with Crippen LogP contribution in [0, 0.1) is 6.92 Å². The molecule has 0 aromatic carbocycles. The third-order valence-corrected chi connectivity index (χ3v) is 4.06. The molecule has 5 heteroatoms. The second-order valence-corrected chi connectivity index (χ2v) is 5.94. The first-order valence-corrected chi connectivity index (χ1v) is 7.37. The van der Waals surface area contributed by atoms with Crippen molar-refractivity contribution in [1.29, 1.82) is 0 Å². The molecule has 0 atom stereocenters. The molecule has 2 aromatic rings. The molecule has 0 unspecified atom stereocenters. The first-order valence-electron chi connectivity index (χ1n) is 6.08. The highest BCUT2D eigenvalue weighted by atomic mass is 32.1. The quantitative estimate of drug-likeness (QED) is 0.860. The number of hydrogen-bond acceptors (Lipinski definition) is 4. The third-order valence-electron chi connectivity index (χ3n) is 2.89. The van der Waals surface area contributed by atoms with Gasteiger partial charge in [-0.25, -0.2) is 4.98 Å². The Morgan fingerprint density at radius 3 is 2.89 bits per heavy atom. The lowest BCUT2D eigenvalue weighted by atomic mass is 10.2. The highest BCUT2D eigenvalue weighted by Gasteiger charge is 2.07. The van der Waals surface area contributed by atoms with E-state index in [9.17, 15) is 0 Å². The van der Waals surface area contributed by atoms with Gasteiger partial charge < -0.3 is 10.6 Å². The molecule has 0 aliphatic heterocycles. The Morgan fingerprint density at radius 1 is 1.47 bits per heavy atom. The van der Waals surface area contributed by atoms with Crippen LogP contribution in [0.1, 0.15) is 16.1 Å². The second kappa shape index (κ2) is 6.12. The zero-order valence-corrected chi connectivity index (χ0v) is 12.7. The van der Waals surface area contributed by atoms with Crippen molar-refractivity contribution in [2.24, 2.45) is 5.73 Å². The lowest BCUT2D eigenvalue weighted by molar-refractivity contribution is 0.865. The van der Waals surface area contributed by atoms with Gasteiger partial charge in [-0.15, -0.1) is 11.3 Å². The van der Waals surface area contributed by atoms with E-state index in [2.05, 4.69) is 27.4 Å². The monoisotopic (exact) mass is 291 g/mol. The average Bonchev–Trinajstić information content (AvgIpc) is 2.88. The van der Waals surface area contributed by atoms with E-state index in [0.29, 0.717) is 4.99 Å². The molecule has 100 valence electrons. The summed E-state index contributed by atoms with van der Waals surface area (Å²) in [6, 6.07) is 8.10. The standard InChI is InChI=1S/C14H17N3S2/c1-10-8-11(14(15)18)9-13(16-10)17(2)6-5-12-4-3-7-19-12/h3-4,7-9H,5-6H2,1-2H3,(H2,15,18). The third kappa shape index (κ3) is 3.75. The fraction of sp³-hybridized carbons (Fsp3) is 0.286. The van der Waals surface area contributed by atoms with Crippen LogP contribution < -0.4 is 10.6 Å². The van der Waals surface area contributed by atoms with Gasteiger partial charge in [0.2, 0.25) is 0 Å². The number of pyridine rings is 1. The summed E-state index contributed by atoms with van der Waals surface area (Å²) in [5, 5.41) is 2.10. The number of rotatable bonds is 5. The molecule has 0 radical (unpaired) electrons. The van der Waals surface area contributed by atoms with Crippen LogP contribution in [0.15, 0.2) is 29.6 Å². The molecule has 2 aromatic heterocycles.